The molecule has 1 aromatic heterocycles. The minimum absolute atomic E-state index is 0.0736. The lowest BCUT2D eigenvalue weighted by molar-refractivity contribution is -0.146. The van der Waals surface area contributed by atoms with Gasteiger partial charge in [0.2, 0.25) is 0 Å². The normalized spacial score (nSPS) is 12.2. The minimum Gasteiger partial charge on any atom is -0.463 e. The number of alkyl halides is 3. The monoisotopic (exact) mass is 601 g/mol. The first kappa shape index (κ1) is 28.9. The predicted molar refractivity (Wildman–Crippen MR) is 138 cm³/mol. The molecule has 0 fully saturated rings. The van der Waals surface area contributed by atoms with E-state index in [1.54, 1.807) is 36.4 Å². The van der Waals surface area contributed by atoms with Gasteiger partial charge in [0.25, 0.3) is 0 Å². The van der Waals surface area contributed by atoms with E-state index in [-0.39, 0.29) is 21.7 Å². The molecular weight excluding hydrogens is 575 g/mol. The molecule has 37 heavy (non-hydrogen) atoms. The van der Waals surface area contributed by atoms with E-state index < -0.39 is 34.2 Å². The largest absolute Gasteiger partial charge is 0.463 e. The number of esters is 1. The quantitative estimate of drug-likeness (QED) is 0.294. The third kappa shape index (κ3) is 7.20. The van der Waals surface area contributed by atoms with Crippen molar-refractivity contribution >= 4 is 31.7 Å². The van der Waals surface area contributed by atoms with Crippen LogP contribution in [0.15, 0.2) is 57.9 Å². The highest BCUT2D eigenvalue weighted by Crippen LogP contribution is 2.40. The summed E-state index contributed by atoms with van der Waals surface area (Å²) in [5.41, 5.74) is 0.611. The van der Waals surface area contributed by atoms with Crippen molar-refractivity contribution in [2.24, 2.45) is 0 Å². The van der Waals surface area contributed by atoms with Crippen LogP contribution in [0.2, 0.25) is 0 Å². The van der Waals surface area contributed by atoms with Crippen molar-refractivity contribution in [3.63, 3.8) is 0 Å². The molecule has 0 aliphatic carbocycles. The molecule has 0 unspecified atom stereocenters. The molecule has 0 atom stereocenters. The Bertz CT molecular complexity index is 1350. The Hall–Kier alpha value is -2.70. The van der Waals surface area contributed by atoms with Crippen molar-refractivity contribution in [2.75, 3.05) is 32.5 Å². The summed E-state index contributed by atoms with van der Waals surface area (Å²) in [6.07, 6.45) is -3.63. The zero-order chi connectivity index (χ0) is 27.4. The highest BCUT2D eigenvalue weighted by atomic mass is 79.9. The summed E-state index contributed by atoms with van der Waals surface area (Å²) in [6, 6.07) is 12.9. The number of likely N-dealkylation sites (N-methyl/N-ethyl adjacent to an activating group) is 1. The molecule has 1 heterocycles. The second kappa shape index (κ2) is 11.8. The standard InChI is InChI=1S/C25H27BrF3N3O4S/c1-4-31(5-2)13-14-36-21(33)16-32-23(22(26)24(30-32)25(27,28)29)18-11-9-17(10-12-18)19-7-6-8-20(15-19)37(3,34)35/h6-12,15H,4-5,13-14,16H2,1-3H3. The van der Waals surface area contributed by atoms with Gasteiger partial charge in [0, 0.05) is 18.4 Å². The molecule has 3 rings (SSSR count). The Morgan fingerprint density at radius 2 is 1.68 bits per heavy atom. The smallest absolute Gasteiger partial charge is 0.436 e. The number of hydrogen-bond donors (Lipinski definition) is 0. The first-order valence-electron chi connectivity index (χ1n) is 11.5. The van der Waals surface area contributed by atoms with Crippen molar-refractivity contribution in [3.05, 3.63) is 58.7 Å². The fourth-order valence-corrected chi connectivity index (χ4v) is 5.14. The summed E-state index contributed by atoms with van der Waals surface area (Å²) in [5, 5.41) is 3.66. The van der Waals surface area contributed by atoms with Crippen LogP contribution < -0.4 is 0 Å². The van der Waals surface area contributed by atoms with Gasteiger partial charge in [-0.25, -0.2) is 8.42 Å². The fourth-order valence-electron chi connectivity index (χ4n) is 3.73. The maximum atomic E-state index is 13.6. The minimum atomic E-state index is -4.74. The van der Waals surface area contributed by atoms with Crippen LogP contribution in [0.1, 0.15) is 19.5 Å². The number of hydrogen-bond acceptors (Lipinski definition) is 6. The van der Waals surface area contributed by atoms with Crippen LogP contribution in [-0.4, -0.2) is 61.6 Å². The Labute approximate surface area is 222 Å². The lowest BCUT2D eigenvalue weighted by Crippen LogP contribution is -2.28. The number of rotatable bonds is 10. The van der Waals surface area contributed by atoms with Gasteiger partial charge in [0.05, 0.1) is 15.1 Å². The third-order valence-corrected chi connectivity index (χ3v) is 7.62. The van der Waals surface area contributed by atoms with Crippen molar-refractivity contribution in [3.8, 4) is 22.4 Å². The number of halogens is 4. The van der Waals surface area contributed by atoms with Crippen molar-refractivity contribution in [2.45, 2.75) is 31.5 Å². The Balaban J connectivity index is 1.91. The molecule has 3 aromatic rings. The summed E-state index contributed by atoms with van der Waals surface area (Å²) >= 11 is 3.02. The first-order valence-corrected chi connectivity index (χ1v) is 14.2. The van der Waals surface area contributed by atoms with Gasteiger partial charge >= 0.3 is 12.1 Å². The number of ether oxygens (including phenoxy) is 1. The highest BCUT2D eigenvalue weighted by Gasteiger charge is 2.39. The van der Waals surface area contributed by atoms with Gasteiger partial charge in [-0.1, -0.05) is 50.2 Å². The summed E-state index contributed by atoms with van der Waals surface area (Å²) in [5.74, 6) is -0.702. The molecule has 0 bridgehead atoms. The molecule has 0 spiro atoms. The van der Waals surface area contributed by atoms with E-state index in [9.17, 15) is 26.4 Å². The number of aromatic nitrogens is 2. The second-order valence-corrected chi connectivity index (χ2v) is 11.1. The molecule has 0 N–H and O–H groups in total. The van der Waals surface area contributed by atoms with Gasteiger partial charge in [-0.15, -0.1) is 0 Å². The van der Waals surface area contributed by atoms with Crippen LogP contribution in [0.4, 0.5) is 13.2 Å². The number of carbonyl (C=O) groups is 1. The van der Waals surface area contributed by atoms with Gasteiger partial charge in [-0.05, 0) is 52.3 Å². The van der Waals surface area contributed by atoms with E-state index in [4.69, 9.17) is 4.74 Å². The zero-order valence-corrected chi connectivity index (χ0v) is 23.0. The van der Waals surface area contributed by atoms with Gasteiger partial charge < -0.3 is 9.64 Å². The van der Waals surface area contributed by atoms with E-state index in [1.807, 2.05) is 13.8 Å². The number of benzene rings is 2. The van der Waals surface area contributed by atoms with Crippen LogP contribution in [-0.2, 0) is 32.1 Å². The molecule has 0 aliphatic heterocycles. The van der Waals surface area contributed by atoms with E-state index in [0.29, 0.717) is 23.2 Å². The summed E-state index contributed by atoms with van der Waals surface area (Å²) in [6.45, 7) is 5.66. The molecule has 2 aromatic carbocycles. The van der Waals surface area contributed by atoms with Crippen LogP contribution in [0.3, 0.4) is 0 Å². The lowest BCUT2D eigenvalue weighted by Gasteiger charge is -2.17. The molecule has 0 saturated heterocycles. The summed E-state index contributed by atoms with van der Waals surface area (Å²) in [4.78, 5) is 14.6. The molecule has 0 amide bonds. The molecule has 0 radical (unpaired) electrons. The molecule has 7 nitrogen and oxygen atoms in total. The van der Waals surface area contributed by atoms with Gasteiger partial charge in [0.1, 0.15) is 13.2 Å². The first-order chi connectivity index (χ1) is 17.3. The average molecular weight is 602 g/mol. The average Bonchev–Trinajstić information content (AvgIpc) is 3.17. The molecule has 0 saturated carbocycles. The SMILES string of the molecule is CCN(CC)CCOC(=O)Cn1nc(C(F)(F)F)c(Br)c1-c1ccc(-c2cccc(S(C)(=O)=O)c2)cc1. The topological polar surface area (TPSA) is 81.5 Å². The maximum absolute atomic E-state index is 13.6. The highest BCUT2D eigenvalue weighted by molar-refractivity contribution is 9.10. The van der Waals surface area contributed by atoms with Gasteiger partial charge in [0.15, 0.2) is 15.5 Å². The van der Waals surface area contributed by atoms with Crippen molar-refractivity contribution in [1.82, 2.24) is 14.7 Å². The number of sulfone groups is 1. The van der Waals surface area contributed by atoms with Crippen molar-refractivity contribution in [1.29, 1.82) is 0 Å². The third-order valence-electron chi connectivity index (χ3n) is 5.76. The zero-order valence-electron chi connectivity index (χ0n) is 20.5. The second-order valence-electron chi connectivity index (χ2n) is 8.29. The van der Waals surface area contributed by atoms with Gasteiger partial charge in [-0.3, -0.25) is 9.48 Å². The predicted octanol–water partition coefficient (Wildman–Crippen LogP) is 5.29. The molecule has 12 heteroatoms. The fraction of sp³-hybridized carbons (Fsp3) is 0.360. The van der Waals surface area contributed by atoms with E-state index in [2.05, 4.69) is 25.9 Å². The van der Waals surface area contributed by atoms with Gasteiger partial charge in [-0.2, -0.15) is 18.3 Å². The van der Waals surface area contributed by atoms with Crippen LogP contribution in [0, 0.1) is 0 Å². The van der Waals surface area contributed by atoms with Crippen LogP contribution in [0.25, 0.3) is 22.4 Å². The number of carbonyl (C=O) groups excluding carboxylic acids is 1. The van der Waals surface area contributed by atoms with Crippen LogP contribution >= 0.6 is 15.9 Å². The van der Waals surface area contributed by atoms with E-state index in [1.165, 1.54) is 12.1 Å². The van der Waals surface area contributed by atoms with E-state index >= 15 is 0 Å². The Kier molecular flexibility index (Phi) is 9.19. The molecule has 200 valence electrons. The number of nitrogens with zero attached hydrogens (tertiary/aromatic N) is 3. The molecular formula is C25H27BrF3N3O4S. The summed E-state index contributed by atoms with van der Waals surface area (Å²) < 4.78 is 70.5. The van der Waals surface area contributed by atoms with Crippen molar-refractivity contribution < 1.29 is 31.1 Å². The summed E-state index contributed by atoms with van der Waals surface area (Å²) in [7, 11) is -3.40. The maximum Gasteiger partial charge on any atom is 0.436 e. The Morgan fingerprint density at radius 1 is 1.05 bits per heavy atom. The lowest BCUT2D eigenvalue weighted by atomic mass is 10.0. The van der Waals surface area contributed by atoms with Crippen LogP contribution in [0.5, 0.6) is 0 Å². The molecule has 0 aliphatic rings. The Morgan fingerprint density at radius 3 is 2.24 bits per heavy atom. The van der Waals surface area contributed by atoms with E-state index in [0.717, 1.165) is 24.0 Å².